The van der Waals surface area contributed by atoms with Crippen molar-refractivity contribution in [1.29, 1.82) is 0 Å². The minimum Gasteiger partial charge on any atom is -0.462 e. The van der Waals surface area contributed by atoms with E-state index in [2.05, 4.69) is 19.1 Å². The zero-order valence-corrected chi connectivity index (χ0v) is 10.8. The summed E-state index contributed by atoms with van der Waals surface area (Å²) < 4.78 is 5.36. The predicted octanol–water partition coefficient (Wildman–Crippen LogP) is 3.74. The van der Waals surface area contributed by atoms with Gasteiger partial charge >= 0.3 is 5.97 Å². The highest BCUT2D eigenvalue weighted by Crippen LogP contribution is 2.13. The van der Waals surface area contributed by atoms with Gasteiger partial charge in [0.15, 0.2) is 0 Å². The van der Waals surface area contributed by atoms with Gasteiger partial charge in [-0.25, -0.2) is 0 Å². The monoisotopic (exact) mass is 234 g/mol. The maximum Gasteiger partial charge on any atom is 0.302 e. The average Bonchev–Trinajstić information content (AvgIpc) is 2.30. The van der Waals surface area contributed by atoms with Crippen LogP contribution in [0.25, 0.3) is 0 Å². The smallest absolute Gasteiger partial charge is 0.302 e. The Balaban J connectivity index is 2.48. The number of carbonyl (C=O) groups excluding carboxylic acids is 1. The maximum atomic E-state index is 11.1. The molecule has 2 nitrogen and oxygen atoms in total. The standard InChI is InChI=1S/C15H22O2/c1-3-4-6-11-15(17-13(2)16)12-14-9-7-5-8-10-14/h5,7-10,15H,3-4,6,11-12H2,1-2H3. The summed E-state index contributed by atoms with van der Waals surface area (Å²) in [5.74, 6) is -0.178. The minimum atomic E-state index is -0.178. The van der Waals surface area contributed by atoms with Crippen LogP contribution in [0.3, 0.4) is 0 Å². The van der Waals surface area contributed by atoms with Crippen molar-refractivity contribution in [2.24, 2.45) is 0 Å². The molecular formula is C15H22O2. The lowest BCUT2D eigenvalue weighted by atomic mass is 10.0. The Kier molecular flexibility index (Phi) is 6.38. The van der Waals surface area contributed by atoms with Crippen molar-refractivity contribution >= 4 is 5.97 Å². The first kappa shape index (κ1) is 13.8. The first-order valence-corrected chi connectivity index (χ1v) is 6.43. The Labute approximate surface area is 104 Å². The van der Waals surface area contributed by atoms with E-state index >= 15 is 0 Å². The van der Waals surface area contributed by atoms with Crippen LogP contribution < -0.4 is 0 Å². The van der Waals surface area contributed by atoms with Crippen molar-refractivity contribution in [2.75, 3.05) is 0 Å². The highest BCUT2D eigenvalue weighted by molar-refractivity contribution is 5.66. The van der Waals surface area contributed by atoms with Crippen molar-refractivity contribution in [2.45, 2.75) is 52.1 Å². The second-order valence-corrected chi connectivity index (χ2v) is 4.42. The Morgan fingerprint density at radius 3 is 2.53 bits per heavy atom. The summed E-state index contributed by atoms with van der Waals surface area (Å²) in [7, 11) is 0. The van der Waals surface area contributed by atoms with Crippen molar-refractivity contribution in [3.05, 3.63) is 35.9 Å². The van der Waals surface area contributed by atoms with Gasteiger partial charge in [0.25, 0.3) is 0 Å². The van der Waals surface area contributed by atoms with Crippen LogP contribution in [0.4, 0.5) is 0 Å². The van der Waals surface area contributed by atoms with E-state index in [1.54, 1.807) is 0 Å². The van der Waals surface area contributed by atoms with Crippen LogP contribution in [0.5, 0.6) is 0 Å². The second kappa shape index (κ2) is 7.88. The molecule has 1 unspecified atom stereocenters. The van der Waals surface area contributed by atoms with Gasteiger partial charge in [0.05, 0.1) is 0 Å². The number of hydrogen-bond acceptors (Lipinski definition) is 2. The number of benzene rings is 1. The van der Waals surface area contributed by atoms with E-state index < -0.39 is 0 Å². The molecule has 0 N–H and O–H groups in total. The molecular weight excluding hydrogens is 212 g/mol. The van der Waals surface area contributed by atoms with E-state index in [1.807, 2.05) is 18.2 Å². The van der Waals surface area contributed by atoms with Gasteiger partial charge in [0, 0.05) is 13.3 Å². The van der Waals surface area contributed by atoms with Gasteiger partial charge in [-0.3, -0.25) is 4.79 Å². The SMILES string of the molecule is CCCCCC(Cc1ccccc1)OC(C)=O. The van der Waals surface area contributed by atoms with Gasteiger partial charge in [0.1, 0.15) is 6.10 Å². The van der Waals surface area contributed by atoms with Gasteiger partial charge < -0.3 is 4.74 Å². The summed E-state index contributed by atoms with van der Waals surface area (Å²) in [6, 6.07) is 10.2. The minimum absolute atomic E-state index is 0.0291. The molecule has 0 aliphatic heterocycles. The molecule has 0 amide bonds. The molecule has 17 heavy (non-hydrogen) atoms. The topological polar surface area (TPSA) is 26.3 Å². The fourth-order valence-electron chi connectivity index (χ4n) is 1.94. The van der Waals surface area contributed by atoms with E-state index in [1.165, 1.54) is 25.3 Å². The molecule has 0 saturated carbocycles. The molecule has 94 valence electrons. The normalized spacial score (nSPS) is 12.1. The molecule has 1 aromatic rings. The summed E-state index contributed by atoms with van der Waals surface area (Å²) in [4.78, 5) is 11.1. The molecule has 0 spiro atoms. The van der Waals surface area contributed by atoms with Crippen LogP contribution in [0.2, 0.25) is 0 Å². The molecule has 0 aliphatic rings. The molecule has 0 aromatic heterocycles. The highest BCUT2D eigenvalue weighted by atomic mass is 16.5. The van der Waals surface area contributed by atoms with Crippen LogP contribution in [0, 0.1) is 0 Å². The summed E-state index contributed by atoms with van der Waals surface area (Å²) >= 11 is 0. The molecule has 0 radical (unpaired) electrons. The lowest BCUT2D eigenvalue weighted by Crippen LogP contribution is -2.19. The van der Waals surface area contributed by atoms with Crippen molar-refractivity contribution in [3.8, 4) is 0 Å². The molecule has 0 aliphatic carbocycles. The van der Waals surface area contributed by atoms with Crippen LogP contribution in [-0.4, -0.2) is 12.1 Å². The molecule has 2 heteroatoms. The third-order valence-corrected chi connectivity index (χ3v) is 2.77. The van der Waals surface area contributed by atoms with Crippen molar-refractivity contribution in [1.82, 2.24) is 0 Å². The molecule has 0 saturated heterocycles. The third-order valence-electron chi connectivity index (χ3n) is 2.77. The Morgan fingerprint density at radius 2 is 1.94 bits per heavy atom. The molecule has 0 bridgehead atoms. The summed E-state index contributed by atoms with van der Waals surface area (Å²) in [6.45, 7) is 3.66. The number of esters is 1. The summed E-state index contributed by atoms with van der Waals surface area (Å²) in [6.07, 6.45) is 5.33. The quantitative estimate of drug-likeness (QED) is 0.530. The van der Waals surface area contributed by atoms with Gasteiger partial charge in [-0.1, -0.05) is 50.1 Å². The Morgan fingerprint density at radius 1 is 1.24 bits per heavy atom. The highest BCUT2D eigenvalue weighted by Gasteiger charge is 2.12. The third kappa shape index (κ3) is 6.10. The van der Waals surface area contributed by atoms with Gasteiger partial charge in [-0.2, -0.15) is 0 Å². The number of carbonyl (C=O) groups is 1. The van der Waals surface area contributed by atoms with Crippen molar-refractivity contribution in [3.63, 3.8) is 0 Å². The molecule has 1 aromatic carbocycles. The Hall–Kier alpha value is -1.31. The van der Waals surface area contributed by atoms with Crippen LogP contribution in [0.1, 0.15) is 45.1 Å². The predicted molar refractivity (Wildman–Crippen MR) is 69.8 cm³/mol. The number of ether oxygens (including phenoxy) is 1. The van der Waals surface area contributed by atoms with E-state index in [4.69, 9.17) is 4.74 Å². The Bertz CT molecular complexity index is 319. The lowest BCUT2D eigenvalue weighted by molar-refractivity contribution is -0.146. The molecule has 0 heterocycles. The number of hydrogen-bond donors (Lipinski definition) is 0. The second-order valence-electron chi connectivity index (χ2n) is 4.42. The summed E-state index contributed by atoms with van der Waals surface area (Å²) in [5, 5.41) is 0. The van der Waals surface area contributed by atoms with Gasteiger partial charge in [0.2, 0.25) is 0 Å². The number of unbranched alkanes of at least 4 members (excludes halogenated alkanes) is 2. The van der Waals surface area contributed by atoms with Crippen LogP contribution in [-0.2, 0) is 16.0 Å². The molecule has 0 fully saturated rings. The van der Waals surface area contributed by atoms with Gasteiger partial charge in [-0.15, -0.1) is 0 Å². The zero-order valence-electron chi connectivity index (χ0n) is 10.8. The van der Waals surface area contributed by atoms with Crippen LogP contribution in [0.15, 0.2) is 30.3 Å². The number of rotatable bonds is 7. The first-order valence-electron chi connectivity index (χ1n) is 6.43. The van der Waals surface area contributed by atoms with E-state index in [9.17, 15) is 4.79 Å². The largest absolute Gasteiger partial charge is 0.462 e. The van der Waals surface area contributed by atoms with Crippen LogP contribution >= 0.6 is 0 Å². The van der Waals surface area contributed by atoms with Crippen molar-refractivity contribution < 1.29 is 9.53 Å². The van der Waals surface area contributed by atoms with Gasteiger partial charge in [-0.05, 0) is 18.4 Å². The lowest BCUT2D eigenvalue weighted by Gasteiger charge is -2.17. The average molecular weight is 234 g/mol. The van der Waals surface area contributed by atoms with E-state index in [0.717, 1.165) is 19.3 Å². The molecule has 1 atom stereocenters. The fourth-order valence-corrected chi connectivity index (χ4v) is 1.94. The summed E-state index contributed by atoms with van der Waals surface area (Å²) in [5.41, 5.74) is 1.23. The first-order chi connectivity index (χ1) is 8.22. The zero-order chi connectivity index (χ0) is 12.5. The fraction of sp³-hybridized carbons (Fsp3) is 0.533. The van der Waals surface area contributed by atoms with E-state index in [0.29, 0.717) is 0 Å². The van der Waals surface area contributed by atoms with E-state index in [-0.39, 0.29) is 12.1 Å². The maximum absolute atomic E-state index is 11.1. The molecule has 1 rings (SSSR count).